The van der Waals surface area contributed by atoms with Crippen molar-refractivity contribution in [1.82, 2.24) is 5.32 Å². The summed E-state index contributed by atoms with van der Waals surface area (Å²) in [6.45, 7) is 2.46. The first-order valence-electron chi connectivity index (χ1n) is 9.96. The fourth-order valence-electron chi connectivity index (χ4n) is 3.82. The van der Waals surface area contributed by atoms with Gasteiger partial charge in [-0.1, -0.05) is 60.7 Å². The lowest BCUT2D eigenvalue weighted by atomic mass is 9.86. The maximum Gasteiger partial charge on any atom is 0.225 e. The van der Waals surface area contributed by atoms with Gasteiger partial charge in [0.05, 0.1) is 23.3 Å². The summed E-state index contributed by atoms with van der Waals surface area (Å²) in [4.78, 5) is 12.5. The molecule has 0 saturated heterocycles. The van der Waals surface area contributed by atoms with Crippen LogP contribution in [0.25, 0.3) is 10.8 Å². The van der Waals surface area contributed by atoms with Gasteiger partial charge in [-0.05, 0) is 29.3 Å². The van der Waals surface area contributed by atoms with Gasteiger partial charge < -0.3 is 10.1 Å². The van der Waals surface area contributed by atoms with Gasteiger partial charge in [-0.25, -0.2) is 0 Å². The van der Waals surface area contributed by atoms with Crippen molar-refractivity contribution in [3.05, 3.63) is 88.5 Å². The Kier molecular flexibility index (Phi) is 6.06. The van der Waals surface area contributed by atoms with E-state index in [4.69, 9.17) is 4.74 Å². The molecule has 4 rings (SSSR count). The zero-order valence-corrected chi connectivity index (χ0v) is 17.5. The molecule has 3 aromatic carbocycles. The summed E-state index contributed by atoms with van der Waals surface area (Å²) in [5.41, 5.74) is 2.65. The van der Waals surface area contributed by atoms with Crippen molar-refractivity contribution in [3.8, 4) is 11.8 Å². The Bertz CT molecular complexity index is 1160. The molecule has 1 aliphatic rings. The topological polar surface area (TPSA) is 62.1 Å². The highest BCUT2D eigenvalue weighted by Gasteiger charge is 2.31. The molecule has 5 heteroatoms. The lowest BCUT2D eigenvalue weighted by Crippen LogP contribution is -2.31. The molecular weight excluding hydrogens is 392 g/mol. The largest absolute Gasteiger partial charge is 0.494 e. The Labute approximate surface area is 180 Å². The summed E-state index contributed by atoms with van der Waals surface area (Å²) in [5, 5.41) is 15.9. The first-order chi connectivity index (χ1) is 14.7. The number of para-hydroxylation sites is 1. The Hall–Kier alpha value is -3.23. The van der Waals surface area contributed by atoms with E-state index in [9.17, 15) is 10.1 Å². The Morgan fingerprint density at radius 1 is 1.10 bits per heavy atom. The standard InChI is InChI=1S/C25H22N2O2S/c1-2-29-23-13-6-5-12-20(23)21-14-24(28)27-25(22(21)15-26)30-16-18-10-7-9-17-8-3-4-11-19(17)18/h3-13,21H,2,14,16H2,1H3,(H,27,28)/t21-/m1/s1. The van der Waals surface area contributed by atoms with Gasteiger partial charge in [-0.3, -0.25) is 4.79 Å². The minimum atomic E-state index is -0.304. The van der Waals surface area contributed by atoms with Gasteiger partial charge in [-0.15, -0.1) is 11.8 Å². The monoisotopic (exact) mass is 414 g/mol. The summed E-state index contributed by atoms with van der Waals surface area (Å²) < 4.78 is 5.76. The van der Waals surface area contributed by atoms with Crippen LogP contribution in [0.2, 0.25) is 0 Å². The first kappa shape index (κ1) is 20.1. The molecule has 0 fully saturated rings. The molecule has 1 N–H and O–H groups in total. The average molecular weight is 415 g/mol. The molecule has 0 aromatic heterocycles. The smallest absolute Gasteiger partial charge is 0.225 e. The van der Waals surface area contributed by atoms with E-state index >= 15 is 0 Å². The van der Waals surface area contributed by atoms with E-state index in [1.165, 1.54) is 28.1 Å². The van der Waals surface area contributed by atoms with Crippen molar-refractivity contribution in [3.63, 3.8) is 0 Å². The van der Waals surface area contributed by atoms with E-state index in [-0.39, 0.29) is 18.2 Å². The molecule has 1 heterocycles. The molecule has 0 aliphatic carbocycles. The number of nitrogens with one attached hydrogen (secondary N) is 1. The van der Waals surface area contributed by atoms with E-state index in [1.807, 2.05) is 49.4 Å². The first-order valence-corrected chi connectivity index (χ1v) is 10.9. The second kappa shape index (κ2) is 9.06. The Morgan fingerprint density at radius 2 is 1.87 bits per heavy atom. The Morgan fingerprint density at radius 3 is 2.70 bits per heavy atom. The van der Waals surface area contributed by atoms with Crippen molar-refractivity contribution in [2.24, 2.45) is 0 Å². The van der Waals surface area contributed by atoms with Crippen LogP contribution in [0.5, 0.6) is 5.75 Å². The quantitative estimate of drug-likeness (QED) is 0.578. The van der Waals surface area contributed by atoms with Crippen molar-refractivity contribution in [1.29, 1.82) is 5.26 Å². The van der Waals surface area contributed by atoms with Crippen LogP contribution in [0.15, 0.2) is 77.3 Å². The summed E-state index contributed by atoms with van der Waals surface area (Å²) in [7, 11) is 0. The molecule has 30 heavy (non-hydrogen) atoms. The molecule has 4 nitrogen and oxygen atoms in total. The molecule has 1 atom stereocenters. The number of nitriles is 1. The van der Waals surface area contributed by atoms with Crippen LogP contribution in [0, 0.1) is 11.3 Å². The lowest BCUT2D eigenvalue weighted by Gasteiger charge is -2.26. The van der Waals surface area contributed by atoms with Crippen molar-refractivity contribution in [2.45, 2.75) is 25.0 Å². The van der Waals surface area contributed by atoms with E-state index in [2.05, 4.69) is 35.7 Å². The summed E-state index contributed by atoms with van der Waals surface area (Å²) >= 11 is 1.50. The van der Waals surface area contributed by atoms with E-state index in [0.717, 1.165) is 11.3 Å². The lowest BCUT2D eigenvalue weighted by molar-refractivity contribution is -0.120. The van der Waals surface area contributed by atoms with Crippen LogP contribution in [0.3, 0.4) is 0 Å². The maximum atomic E-state index is 12.5. The van der Waals surface area contributed by atoms with Gasteiger partial charge in [-0.2, -0.15) is 5.26 Å². The number of carbonyl (C=O) groups excluding carboxylic acids is 1. The fraction of sp³-hybridized carbons (Fsp3) is 0.200. The number of benzene rings is 3. The van der Waals surface area contributed by atoms with Gasteiger partial charge in [0, 0.05) is 23.7 Å². The second-order valence-electron chi connectivity index (χ2n) is 7.06. The fourth-order valence-corrected chi connectivity index (χ4v) is 4.90. The third kappa shape index (κ3) is 4.05. The normalized spacial score (nSPS) is 16.3. The number of allylic oxidation sites excluding steroid dienone is 1. The van der Waals surface area contributed by atoms with Crippen molar-refractivity contribution < 1.29 is 9.53 Å². The number of hydrogen-bond acceptors (Lipinski definition) is 4. The van der Waals surface area contributed by atoms with Crippen LogP contribution in [0.4, 0.5) is 0 Å². The van der Waals surface area contributed by atoms with Gasteiger partial charge in [0.1, 0.15) is 5.75 Å². The molecule has 0 bridgehead atoms. The molecular formula is C25H22N2O2S. The maximum absolute atomic E-state index is 12.5. The average Bonchev–Trinajstić information content (AvgIpc) is 2.78. The minimum Gasteiger partial charge on any atom is -0.494 e. The molecule has 0 saturated carbocycles. The number of hydrogen-bond donors (Lipinski definition) is 1. The highest BCUT2D eigenvalue weighted by molar-refractivity contribution is 8.02. The third-order valence-corrected chi connectivity index (χ3v) is 6.27. The number of carbonyl (C=O) groups is 1. The molecule has 1 aliphatic heterocycles. The molecule has 3 aromatic rings. The van der Waals surface area contributed by atoms with Gasteiger partial charge in [0.25, 0.3) is 0 Å². The van der Waals surface area contributed by atoms with Crippen LogP contribution < -0.4 is 10.1 Å². The van der Waals surface area contributed by atoms with Crippen LogP contribution in [0.1, 0.15) is 30.4 Å². The number of rotatable bonds is 6. The van der Waals surface area contributed by atoms with Crippen LogP contribution in [-0.2, 0) is 10.5 Å². The zero-order chi connectivity index (χ0) is 20.9. The predicted molar refractivity (Wildman–Crippen MR) is 121 cm³/mol. The van der Waals surface area contributed by atoms with Gasteiger partial charge in [0.15, 0.2) is 0 Å². The zero-order valence-electron chi connectivity index (χ0n) is 16.7. The summed E-state index contributed by atoms with van der Waals surface area (Å²) in [6, 6.07) is 24.5. The third-order valence-electron chi connectivity index (χ3n) is 5.20. The molecule has 1 amide bonds. The molecule has 0 radical (unpaired) electrons. The van der Waals surface area contributed by atoms with Crippen molar-refractivity contribution in [2.75, 3.05) is 6.61 Å². The minimum absolute atomic E-state index is 0.0780. The van der Waals surface area contributed by atoms with Gasteiger partial charge >= 0.3 is 0 Å². The molecule has 0 spiro atoms. The predicted octanol–water partition coefficient (Wildman–Crippen LogP) is 5.51. The highest BCUT2D eigenvalue weighted by atomic mass is 32.2. The summed E-state index contributed by atoms with van der Waals surface area (Å²) in [6.07, 6.45) is 0.241. The van der Waals surface area contributed by atoms with E-state index in [1.54, 1.807) is 0 Å². The van der Waals surface area contributed by atoms with Crippen molar-refractivity contribution >= 4 is 28.4 Å². The molecule has 0 unspecified atom stereocenters. The highest BCUT2D eigenvalue weighted by Crippen LogP contribution is 2.40. The van der Waals surface area contributed by atoms with E-state index < -0.39 is 0 Å². The number of thioether (sulfide) groups is 1. The van der Waals surface area contributed by atoms with Crippen LogP contribution in [-0.4, -0.2) is 12.5 Å². The summed E-state index contributed by atoms with van der Waals surface area (Å²) in [5.74, 6) is 1.01. The number of amides is 1. The van der Waals surface area contributed by atoms with Gasteiger partial charge in [0.2, 0.25) is 5.91 Å². The van der Waals surface area contributed by atoms with E-state index in [0.29, 0.717) is 23.0 Å². The second-order valence-corrected chi connectivity index (χ2v) is 8.04. The number of ether oxygens (including phenoxy) is 1. The SMILES string of the molecule is CCOc1ccccc1[C@H]1CC(=O)NC(SCc2cccc3ccccc23)=C1C#N. The number of fused-ring (bicyclic) bond motifs is 1. The Balaban J connectivity index is 1.67. The van der Waals surface area contributed by atoms with Crippen LogP contribution >= 0.6 is 11.8 Å². The molecule has 150 valence electrons. The number of nitrogens with zero attached hydrogens (tertiary/aromatic N) is 1.